The fourth-order valence-electron chi connectivity index (χ4n) is 4.62. The van der Waals surface area contributed by atoms with Crippen LogP contribution in [0.4, 0.5) is 11.4 Å². The van der Waals surface area contributed by atoms with E-state index < -0.39 is 5.41 Å². The number of hydrogen-bond donors (Lipinski definition) is 1. The van der Waals surface area contributed by atoms with E-state index in [0.717, 1.165) is 41.8 Å². The number of amides is 1. The zero-order chi connectivity index (χ0) is 21.4. The molecule has 0 atom stereocenters. The fraction of sp³-hybridized carbons (Fsp3) is 0.333. The highest BCUT2D eigenvalue weighted by Gasteiger charge is 2.55. The fourth-order valence-corrected chi connectivity index (χ4v) is 4.62. The first kappa shape index (κ1) is 19.5. The predicted molar refractivity (Wildman–Crippen MR) is 118 cm³/mol. The number of rotatable bonds is 7. The first-order valence-corrected chi connectivity index (χ1v) is 10.6. The normalized spacial score (nSPS) is 16.3. The van der Waals surface area contributed by atoms with Gasteiger partial charge in [0.1, 0.15) is 18.1 Å². The molecule has 2 N–H and O–H groups in total. The van der Waals surface area contributed by atoms with Crippen LogP contribution >= 0.6 is 0 Å². The number of ether oxygens (including phenoxy) is 2. The number of methoxy groups -OCH3 is 1. The van der Waals surface area contributed by atoms with Crippen molar-refractivity contribution in [1.82, 2.24) is 9.78 Å². The molecule has 7 heteroatoms. The molecular weight excluding hydrogens is 392 g/mol. The summed E-state index contributed by atoms with van der Waals surface area (Å²) in [6, 6.07) is 13.5. The predicted octanol–water partition coefficient (Wildman–Crippen LogP) is 3.52. The lowest BCUT2D eigenvalue weighted by Gasteiger charge is -2.37. The number of benzene rings is 2. The van der Waals surface area contributed by atoms with E-state index in [1.807, 2.05) is 58.2 Å². The lowest BCUT2D eigenvalue weighted by Crippen LogP contribution is -2.44. The van der Waals surface area contributed by atoms with Crippen LogP contribution in [0.15, 0.2) is 54.9 Å². The standard InChI is InChI=1S/C24H26N4O3/c1-30-19-6-4-17(5-7-19)16-28-22-20(24(23(28)29)8-2-9-24)14-18(25)15-21(22)31-13-12-27-11-3-10-26-27/h3-7,10-11,14-15H,2,8-9,12-13,16,25H2,1H3. The van der Waals surface area contributed by atoms with Gasteiger partial charge in [0, 0.05) is 24.1 Å². The van der Waals surface area contributed by atoms with Gasteiger partial charge in [0.15, 0.2) is 0 Å². The molecule has 7 nitrogen and oxygen atoms in total. The first-order chi connectivity index (χ1) is 15.1. The Morgan fingerprint density at radius 1 is 1.19 bits per heavy atom. The highest BCUT2D eigenvalue weighted by Crippen LogP contribution is 2.57. The molecule has 0 unspecified atom stereocenters. The molecule has 1 spiro atoms. The van der Waals surface area contributed by atoms with E-state index in [2.05, 4.69) is 5.10 Å². The van der Waals surface area contributed by atoms with Gasteiger partial charge in [-0.3, -0.25) is 9.48 Å². The summed E-state index contributed by atoms with van der Waals surface area (Å²) < 4.78 is 13.2. The zero-order valence-electron chi connectivity index (χ0n) is 17.6. The third kappa shape index (κ3) is 3.30. The molecular formula is C24H26N4O3. The average Bonchev–Trinajstić information content (AvgIpc) is 3.33. The molecule has 160 valence electrons. The second kappa shape index (κ2) is 7.65. The van der Waals surface area contributed by atoms with E-state index >= 15 is 0 Å². The maximum atomic E-state index is 13.6. The number of hydrogen-bond acceptors (Lipinski definition) is 5. The summed E-state index contributed by atoms with van der Waals surface area (Å²) >= 11 is 0. The van der Waals surface area contributed by atoms with E-state index in [1.54, 1.807) is 13.3 Å². The number of aromatic nitrogens is 2. The summed E-state index contributed by atoms with van der Waals surface area (Å²) in [6.07, 6.45) is 6.40. The SMILES string of the molecule is COc1ccc(CN2C(=O)C3(CCC3)c3cc(N)cc(OCCn4cccn4)c32)cc1. The van der Waals surface area contributed by atoms with Gasteiger partial charge in [0.05, 0.1) is 31.3 Å². The molecule has 1 fully saturated rings. The minimum Gasteiger partial charge on any atom is -0.497 e. The van der Waals surface area contributed by atoms with Crippen LogP contribution in [0.3, 0.4) is 0 Å². The Morgan fingerprint density at radius 3 is 2.65 bits per heavy atom. The lowest BCUT2D eigenvalue weighted by atomic mass is 9.65. The van der Waals surface area contributed by atoms with Gasteiger partial charge in [-0.2, -0.15) is 5.10 Å². The van der Waals surface area contributed by atoms with Crippen LogP contribution in [-0.2, 0) is 23.3 Å². The van der Waals surface area contributed by atoms with Crippen LogP contribution in [0, 0.1) is 0 Å². The quantitative estimate of drug-likeness (QED) is 0.594. The summed E-state index contributed by atoms with van der Waals surface area (Å²) in [6.45, 7) is 1.54. The van der Waals surface area contributed by atoms with E-state index in [4.69, 9.17) is 15.2 Å². The molecule has 0 bridgehead atoms. The molecule has 0 radical (unpaired) electrons. The van der Waals surface area contributed by atoms with Gasteiger partial charge in [-0.05, 0) is 48.2 Å². The summed E-state index contributed by atoms with van der Waals surface area (Å²) in [5, 5.41) is 4.22. The Balaban J connectivity index is 1.48. The van der Waals surface area contributed by atoms with Crippen molar-refractivity contribution < 1.29 is 14.3 Å². The van der Waals surface area contributed by atoms with Gasteiger partial charge in [0.2, 0.25) is 5.91 Å². The van der Waals surface area contributed by atoms with Gasteiger partial charge < -0.3 is 20.1 Å². The molecule has 1 aliphatic heterocycles. The second-order valence-corrected chi connectivity index (χ2v) is 8.21. The van der Waals surface area contributed by atoms with Crippen molar-refractivity contribution >= 4 is 17.3 Å². The second-order valence-electron chi connectivity index (χ2n) is 8.21. The molecule has 1 aromatic heterocycles. The van der Waals surface area contributed by atoms with Gasteiger partial charge >= 0.3 is 0 Å². The largest absolute Gasteiger partial charge is 0.497 e. The van der Waals surface area contributed by atoms with Gasteiger partial charge in [-0.1, -0.05) is 18.6 Å². The van der Waals surface area contributed by atoms with E-state index in [1.165, 1.54) is 0 Å². The molecule has 2 heterocycles. The van der Waals surface area contributed by atoms with E-state index in [-0.39, 0.29) is 5.91 Å². The number of carbonyl (C=O) groups excluding carboxylic acids is 1. The summed E-state index contributed by atoms with van der Waals surface area (Å²) in [5.74, 6) is 1.60. The minimum absolute atomic E-state index is 0.145. The minimum atomic E-state index is -0.461. The van der Waals surface area contributed by atoms with Crippen LogP contribution in [0.5, 0.6) is 11.5 Å². The van der Waals surface area contributed by atoms with Crippen LogP contribution in [0.25, 0.3) is 0 Å². The average molecular weight is 418 g/mol. The third-order valence-corrected chi connectivity index (χ3v) is 6.38. The molecule has 1 saturated carbocycles. The Morgan fingerprint density at radius 2 is 2.00 bits per heavy atom. The molecule has 3 aromatic rings. The molecule has 1 aliphatic carbocycles. The molecule has 31 heavy (non-hydrogen) atoms. The van der Waals surface area contributed by atoms with Gasteiger partial charge in [-0.25, -0.2) is 0 Å². The number of nitrogens with two attached hydrogens (primary N) is 1. The van der Waals surface area contributed by atoms with E-state index in [0.29, 0.717) is 31.1 Å². The number of nitrogens with zero attached hydrogens (tertiary/aromatic N) is 3. The van der Waals surface area contributed by atoms with Crippen LogP contribution in [0.1, 0.15) is 30.4 Å². The van der Waals surface area contributed by atoms with E-state index in [9.17, 15) is 4.79 Å². The van der Waals surface area contributed by atoms with Gasteiger partial charge in [0.25, 0.3) is 0 Å². The Labute approximate surface area is 181 Å². The summed E-state index contributed by atoms with van der Waals surface area (Å²) in [4.78, 5) is 15.5. The van der Waals surface area contributed by atoms with Gasteiger partial charge in [-0.15, -0.1) is 0 Å². The number of anilines is 2. The smallest absolute Gasteiger partial charge is 0.238 e. The monoisotopic (exact) mass is 418 g/mol. The molecule has 5 rings (SSSR count). The molecule has 2 aromatic carbocycles. The van der Waals surface area contributed by atoms with Crippen molar-refractivity contribution in [2.24, 2.45) is 0 Å². The van der Waals surface area contributed by atoms with Crippen LogP contribution < -0.4 is 20.1 Å². The van der Waals surface area contributed by atoms with Crippen LogP contribution in [-0.4, -0.2) is 29.4 Å². The number of carbonyl (C=O) groups is 1. The molecule has 2 aliphatic rings. The lowest BCUT2D eigenvalue weighted by molar-refractivity contribution is -0.126. The Kier molecular flexibility index (Phi) is 4.81. The van der Waals surface area contributed by atoms with Crippen molar-refractivity contribution in [2.75, 3.05) is 24.4 Å². The topological polar surface area (TPSA) is 82.6 Å². The van der Waals surface area contributed by atoms with Crippen molar-refractivity contribution in [1.29, 1.82) is 0 Å². The highest BCUT2D eigenvalue weighted by molar-refractivity contribution is 6.10. The van der Waals surface area contributed by atoms with Crippen molar-refractivity contribution in [3.63, 3.8) is 0 Å². The maximum Gasteiger partial charge on any atom is 0.238 e. The maximum absolute atomic E-state index is 13.6. The number of fused-ring (bicyclic) bond motifs is 2. The molecule has 0 saturated heterocycles. The van der Waals surface area contributed by atoms with Crippen LogP contribution in [0.2, 0.25) is 0 Å². The Bertz CT molecular complexity index is 1090. The zero-order valence-corrected chi connectivity index (χ0v) is 17.6. The summed E-state index contributed by atoms with van der Waals surface area (Å²) in [7, 11) is 1.65. The summed E-state index contributed by atoms with van der Waals surface area (Å²) in [5.41, 5.74) is 9.29. The Hall–Kier alpha value is -3.48. The third-order valence-electron chi connectivity index (χ3n) is 6.38. The molecule has 1 amide bonds. The first-order valence-electron chi connectivity index (χ1n) is 10.6. The van der Waals surface area contributed by atoms with Crippen molar-refractivity contribution in [2.45, 2.75) is 37.8 Å². The highest BCUT2D eigenvalue weighted by atomic mass is 16.5. The van der Waals surface area contributed by atoms with Crippen molar-refractivity contribution in [3.05, 3.63) is 66.0 Å². The van der Waals surface area contributed by atoms with Crippen molar-refractivity contribution in [3.8, 4) is 11.5 Å². The number of nitrogen functional groups attached to an aromatic ring is 1.